The van der Waals surface area contributed by atoms with Gasteiger partial charge in [0, 0.05) is 17.8 Å². The minimum Gasteiger partial charge on any atom is -0.288 e. The van der Waals surface area contributed by atoms with Crippen LogP contribution in [0.1, 0.15) is 15.2 Å². The number of para-hydroxylation sites is 1. The third-order valence-corrected chi connectivity index (χ3v) is 3.84. The number of benzene rings is 1. The number of ketones is 1. The average Bonchev–Trinajstić information content (AvgIpc) is 3.01. The number of nitrogens with zero attached hydrogens (tertiary/aromatic N) is 1. The van der Waals surface area contributed by atoms with E-state index in [0.717, 1.165) is 0 Å². The zero-order chi connectivity index (χ0) is 13.9. The first-order chi connectivity index (χ1) is 9.77. The second kappa shape index (κ2) is 5.27. The SMILES string of the molecule is O=C(c1cccs1)c1ccccc1-n1ccccc1=O. The lowest BCUT2D eigenvalue weighted by Gasteiger charge is -2.09. The van der Waals surface area contributed by atoms with E-state index in [9.17, 15) is 9.59 Å². The zero-order valence-corrected chi connectivity index (χ0v) is 11.3. The van der Waals surface area contributed by atoms with Crippen molar-refractivity contribution < 1.29 is 4.79 Å². The first-order valence-electron chi connectivity index (χ1n) is 6.12. The molecule has 0 radical (unpaired) electrons. The molecule has 3 aromatic rings. The maximum atomic E-state index is 12.5. The molecule has 3 nitrogen and oxygen atoms in total. The molecule has 98 valence electrons. The van der Waals surface area contributed by atoms with Gasteiger partial charge in [0.2, 0.25) is 5.78 Å². The van der Waals surface area contributed by atoms with E-state index < -0.39 is 0 Å². The highest BCUT2D eigenvalue weighted by Crippen LogP contribution is 2.20. The molecular formula is C16H11NO2S. The number of thiophene rings is 1. The molecule has 0 amide bonds. The van der Waals surface area contributed by atoms with E-state index in [-0.39, 0.29) is 11.3 Å². The van der Waals surface area contributed by atoms with Gasteiger partial charge in [0.15, 0.2) is 0 Å². The molecule has 0 atom stereocenters. The van der Waals surface area contributed by atoms with Crippen molar-refractivity contribution in [3.05, 3.63) is 87.0 Å². The predicted molar refractivity (Wildman–Crippen MR) is 79.8 cm³/mol. The molecule has 20 heavy (non-hydrogen) atoms. The summed E-state index contributed by atoms with van der Waals surface area (Å²) in [6.07, 6.45) is 1.67. The molecule has 0 aliphatic carbocycles. The number of hydrogen-bond donors (Lipinski definition) is 0. The van der Waals surface area contributed by atoms with Crippen LogP contribution in [0.5, 0.6) is 0 Å². The Labute approximate surface area is 119 Å². The van der Waals surface area contributed by atoms with E-state index >= 15 is 0 Å². The van der Waals surface area contributed by atoms with Crippen molar-refractivity contribution in [1.82, 2.24) is 4.57 Å². The van der Waals surface area contributed by atoms with E-state index in [4.69, 9.17) is 0 Å². The molecule has 0 unspecified atom stereocenters. The third-order valence-electron chi connectivity index (χ3n) is 2.98. The molecule has 0 saturated carbocycles. The summed E-state index contributed by atoms with van der Waals surface area (Å²) < 4.78 is 1.49. The summed E-state index contributed by atoms with van der Waals surface area (Å²) in [6.45, 7) is 0. The molecular weight excluding hydrogens is 270 g/mol. The molecule has 0 fully saturated rings. The van der Waals surface area contributed by atoms with Gasteiger partial charge in [-0.1, -0.05) is 24.3 Å². The second-order valence-corrected chi connectivity index (χ2v) is 5.18. The second-order valence-electron chi connectivity index (χ2n) is 4.23. The third kappa shape index (κ3) is 2.21. The van der Waals surface area contributed by atoms with Crippen LogP contribution in [0, 0.1) is 0 Å². The van der Waals surface area contributed by atoms with Gasteiger partial charge in [0.05, 0.1) is 10.6 Å². The number of carbonyl (C=O) groups excluding carboxylic acids is 1. The number of aromatic nitrogens is 1. The average molecular weight is 281 g/mol. The molecule has 0 N–H and O–H groups in total. The number of hydrogen-bond acceptors (Lipinski definition) is 3. The summed E-state index contributed by atoms with van der Waals surface area (Å²) in [5.41, 5.74) is 0.985. The molecule has 0 bridgehead atoms. The van der Waals surface area contributed by atoms with Crippen molar-refractivity contribution in [2.75, 3.05) is 0 Å². The summed E-state index contributed by atoms with van der Waals surface area (Å²) in [7, 11) is 0. The van der Waals surface area contributed by atoms with Gasteiger partial charge in [0.1, 0.15) is 0 Å². The molecule has 2 aromatic heterocycles. The Morgan fingerprint density at radius 2 is 1.75 bits per heavy atom. The van der Waals surface area contributed by atoms with E-state index in [1.165, 1.54) is 22.0 Å². The van der Waals surface area contributed by atoms with Crippen LogP contribution in [-0.4, -0.2) is 10.4 Å². The van der Waals surface area contributed by atoms with Crippen molar-refractivity contribution in [3.8, 4) is 5.69 Å². The molecule has 0 saturated heterocycles. The smallest absolute Gasteiger partial charge is 0.255 e. The summed E-state index contributed by atoms with van der Waals surface area (Å²) in [6, 6.07) is 15.7. The fourth-order valence-corrected chi connectivity index (χ4v) is 2.72. The fraction of sp³-hybridized carbons (Fsp3) is 0. The summed E-state index contributed by atoms with van der Waals surface area (Å²) >= 11 is 1.40. The maximum absolute atomic E-state index is 12.5. The monoisotopic (exact) mass is 281 g/mol. The van der Waals surface area contributed by atoms with Gasteiger partial charge in [0.25, 0.3) is 5.56 Å². The molecule has 3 rings (SSSR count). The van der Waals surface area contributed by atoms with Gasteiger partial charge < -0.3 is 0 Å². The van der Waals surface area contributed by atoms with Crippen LogP contribution in [0.2, 0.25) is 0 Å². The van der Waals surface area contributed by atoms with Gasteiger partial charge >= 0.3 is 0 Å². The van der Waals surface area contributed by atoms with E-state index in [2.05, 4.69) is 0 Å². The lowest BCUT2D eigenvalue weighted by molar-refractivity contribution is 0.104. The molecule has 0 aliphatic rings. The normalized spacial score (nSPS) is 10.4. The number of rotatable bonds is 3. The summed E-state index contributed by atoms with van der Waals surface area (Å²) in [4.78, 5) is 25.1. The quantitative estimate of drug-likeness (QED) is 0.692. The minimum absolute atomic E-state index is 0.0636. The van der Waals surface area contributed by atoms with Crippen LogP contribution in [0.4, 0.5) is 0 Å². The molecule has 2 heterocycles. The summed E-state index contributed by atoms with van der Waals surface area (Å²) in [5, 5.41) is 1.87. The highest BCUT2D eigenvalue weighted by atomic mass is 32.1. The van der Waals surface area contributed by atoms with Crippen molar-refractivity contribution >= 4 is 17.1 Å². The maximum Gasteiger partial charge on any atom is 0.255 e. The fourth-order valence-electron chi connectivity index (χ4n) is 2.04. The highest BCUT2D eigenvalue weighted by Gasteiger charge is 2.15. The number of pyridine rings is 1. The molecule has 4 heteroatoms. The van der Waals surface area contributed by atoms with Crippen molar-refractivity contribution in [3.63, 3.8) is 0 Å². The van der Waals surface area contributed by atoms with Gasteiger partial charge in [-0.25, -0.2) is 0 Å². The standard InChI is InChI=1S/C16H11NO2S/c18-15-9-3-4-10-17(15)13-7-2-1-6-12(13)16(19)14-8-5-11-20-14/h1-11H. The van der Waals surface area contributed by atoms with Gasteiger partial charge in [-0.2, -0.15) is 0 Å². The van der Waals surface area contributed by atoms with Crippen LogP contribution >= 0.6 is 11.3 Å². The minimum atomic E-state index is -0.154. The van der Waals surface area contributed by atoms with Crippen LogP contribution in [0.15, 0.2) is 71.0 Å². The van der Waals surface area contributed by atoms with E-state index in [1.54, 1.807) is 42.6 Å². The van der Waals surface area contributed by atoms with Crippen LogP contribution < -0.4 is 5.56 Å². The van der Waals surface area contributed by atoms with Crippen LogP contribution in [0.3, 0.4) is 0 Å². The van der Waals surface area contributed by atoms with Crippen LogP contribution in [-0.2, 0) is 0 Å². The van der Waals surface area contributed by atoms with Crippen molar-refractivity contribution in [2.45, 2.75) is 0 Å². The molecule has 0 spiro atoms. The lowest BCUT2D eigenvalue weighted by atomic mass is 10.1. The van der Waals surface area contributed by atoms with Crippen LogP contribution in [0.25, 0.3) is 5.69 Å². The topological polar surface area (TPSA) is 39.1 Å². The van der Waals surface area contributed by atoms with E-state index in [1.807, 2.05) is 17.5 Å². The Morgan fingerprint density at radius 1 is 0.950 bits per heavy atom. The summed E-state index contributed by atoms with van der Waals surface area (Å²) in [5.74, 6) is -0.0636. The first kappa shape index (κ1) is 12.6. The zero-order valence-electron chi connectivity index (χ0n) is 10.5. The molecule has 0 aliphatic heterocycles. The molecule has 1 aromatic carbocycles. The Bertz CT molecular complexity index is 803. The van der Waals surface area contributed by atoms with Gasteiger partial charge in [-0.05, 0) is 29.6 Å². The largest absolute Gasteiger partial charge is 0.288 e. The Kier molecular flexibility index (Phi) is 3.31. The van der Waals surface area contributed by atoms with Gasteiger partial charge in [-0.15, -0.1) is 11.3 Å². The lowest BCUT2D eigenvalue weighted by Crippen LogP contribution is -2.18. The van der Waals surface area contributed by atoms with E-state index in [0.29, 0.717) is 16.1 Å². The van der Waals surface area contributed by atoms with Crippen molar-refractivity contribution in [1.29, 1.82) is 0 Å². The first-order valence-corrected chi connectivity index (χ1v) is 7.00. The van der Waals surface area contributed by atoms with Crippen molar-refractivity contribution in [2.24, 2.45) is 0 Å². The predicted octanol–water partition coefficient (Wildman–Crippen LogP) is 3.13. The Balaban J connectivity index is 2.17. The Hall–Kier alpha value is -2.46. The van der Waals surface area contributed by atoms with Gasteiger partial charge in [-0.3, -0.25) is 14.2 Å². The Morgan fingerprint density at radius 3 is 2.50 bits per heavy atom. The highest BCUT2D eigenvalue weighted by molar-refractivity contribution is 7.12. The number of carbonyl (C=O) groups is 1.